The molecule has 7 nitrogen and oxygen atoms in total. The number of aromatic nitrogens is 5. The molecule has 4 rings (SSSR count). The van der Waals surface area contributed by atoms with Crippen molar-refractivity contribution in [3.05, 3.63) is 59.3 Å². The van der Waals surface area contributed by atoms with E-state index in [0.29, 0.717) is 23.7 Å². The van der Waals surface area contributed by atoms with Gasteiger partial charge in [-0.2, -0.15) is 10.2 Å². The molecular formula is C21H20BrN5O2S. The highest BCUT2D eigenvalue weighted by Crippen LogP contribution is 2.31. The fourth-order valence-electron chi connectivity index (χ4n) is 3.06. The molecule has 0 bridgehead atoms. The maximum Gasteiger partial charge on any atom is 0.221 e. The normalized spacial score (nSPS) is 11.0. The Bertz CT molecular complexity index is 1200. The van der Waals surface area contributed by atoms with Gasteiger partial charge in [-0.1, -0.05) is 30.9 Å². The second-order valence-electron chi connectivity index (χ2n) is 6.52. The van der Waals surface area contributed by atoms with Crippen molar-refractivity contribution in [2.24, 2.45) is 7.05 Å². The van der Waals surface area contributed by atoms with E-state index in [1.54, 1.807) is 17.0 Å². The summed E-state index contributed by atoms with van der Waals surface area (Å²) in [6.45, 7) is 4.84. The summed E-state index contributed by atoms with van der Waals surface area (Å²) in [5, 5.41) is 8.55. The number of thiol groups is 1. The minimum absolute atomic E-state index is 0.489. The molecule has 3 aromatic heterocycles. The summed E-state index contributed by atoms with van der Waals surface area (Å²) in [4.78, 5) is 4.70. The average Bonchev–Trinajstić information content (AvgIpc) is 3.26. The Kier molecular flexibility index (Phi) is 6.10. The molecule has 0 atom stereocenters. The van der Waals surface area contributed by atoms with E-state index in [1.807, 2.05) is 43.4 Å². The molecule has 0 saturated carbocycles. The molecule has 0 aliphatic heterocycles. The van der Waals surface area contributed by atoms with Crippen LogP contribution in [0.4, 0.5) is 0 Å². The quantitative estimate of drug-likeness (QED) is 0.287. The average molecular weight is 486 g/mol. The van der Waals surface area contributed by atoms with E-state index in [2.05, 4.69) is 45.5 Å². The number of pyridine rings is 1. The first-order chi connectivity index (χ1) is 14.6. The highest BCUT2D eigenvalue weighted by atomic mass is 79.9. The molecule has 154 valence electrons. The second-order valence-corrected chi connectivity index (χ2v) is 7.65. The van der Waals surface area contributed by atoms with E-state index in [0.717, 1.165) is 40.0 Å². The summed E-state index contributed by atoms with van der Waals surface area (Å²) >= 11 is 7.72. The maximum atomic E-state index is 6.02. The number of hydrogen-bond acceptors (Lipinski definition) is 6. The Hall–Kier alpha value is -2.78. The third-order valence-corrected chi connectivity index (χ3v) is 5.39. The molecule has 30 heavy (non-hydrogen) atoms. The van der Waals surface area contributed by atoms with Crippen LogP contribution in [0.15, 0.2) is 53.8 Å². The zero-order chi connectivity index (χ0) is 21.1. The SMILES string of the molecule is C=Cc1ccccc1OCCCOc1c(-c2ccc3c(n2)c(Br)nn3S)cnn1C. The number of benzene rings is 1. The van der Waals surface area contributed by atoms with E-state index < -0.39 is 0 Å². The van der Waals surface area contributed by atoms with E-state index in [1.165, 1.54) is 4.09 Å². The lowest BCUT2D eigenvalue weighted by Crippen LogP contribution is -2.08. The van der Waals surface area contributed by atoms with Gasteiger partial charge in [0.15, 0.2) is 4.60 Å². The van der Waals surface area contributed by atoms with Gasteiger partial charge in [-0.25, -0.2) is 13.8 Å². The number of rotatable bonds is 8. The number of fused-ring (bicyclic) bond motifs is 1. The van der Waals surface area contributed by atoms with Crippen molar-refractivity contribution in [3.8, 4) is 22.9 Å². The summed E-state index contributed by atoms with van der Waals surface area (Å²) < 4.78 is 15.7. The molecule has 0 aliphatic carbocycles. The van der Waals surface area contributed by atoms with Gasteiger partial charge in [0.2, 0.25) is 5.88 Å². The lowest BCUT2D eigenvalue weighted by atomic mass is 10.2. The van der Waals surface area contributed by atoms with E-state index in [4.69, 9.17) is 14.5 Å². The first-order valence-electron chi connectivity index (χ1n) is 9.32. The number of hydrogen-bond donors (Lipinski definition) is 1. The zero-order valence-electron chi connectivity index (χ0n) is 16.3. The van der Waals surface area contributed by atoms with Crippen LogP contribution in [0.2, 0.25) is 0 Å². The molecule has 0 radical (unpaired) electrons. The van der Waals surface area contributed by atoms with Crippen molar-refractivity contribution in [3.63, 3.8) is 0 Å². The Morgan fingerprint density at radius 2 is 1.97 bits per heavy atom. The van der Waals surface area contributed by atoms with Crippen LogP contribution in [0.5, 0.6) is 11.6 Å². The molecule has 9 heteroatoms. The van der Waals surface area contributed by atoms with Crippen LogP contribution >= 0.6 is 28.7 Å². The van der Waals surface area contributed by atoms with E-state index in [-0.39, 0.29) is 0 Å². The fourth-order valence-corrected chi connectivity index (χ4v) is 3.89. The minimum Gasteiger partial charge on any atom is -0.493 e. The van der Waals surface area contributed by atoms with Gasteiger partial charge >= 0.3 is 0 Å². The first kappa shape index (κ1) is 20.5. The molecule has 4 aromatic rings. The van der Waals surface area contributed by atoms with Crippen LogP contribution in [0, 0.1) is 0 Å². The predicted molar refractivity (Wildman–Crippen MR) is 124 cm³/mol. The van der Waals surface area contributed by atoms with Crippen molar-refractivity contribution >= 4 is 45.9 Å². The van der Waals surface area contributed by atoms with Crippen molar-refractivity contribution < 1.29 is 9.47 Å². The summed E-state index contributed by atoms with van der Waals surface area (Å²) in [5.41, 5.74) is 4.09. The topological polar surface area (TPSA) is 67.0 Å². The summed E-state index contributed by atoms with van der Waals surface area (Å²) in [6, 6.07) is 11.6. The van der Waals surface area contributed by atoms with Crippen LogP contribution in [-0.2, 0) is 7.05 Å². The molecular weight excluding hydrogens is 466 g/mol. The van der Waals surface area contributed by atoms with Crippen LogP contribution in [-0.4, -0.2) is 37.2 Å². The molecule has 0 saturated heterocycles. The number of aryl methyl sites for hydroxylation is 1. The lowest BCUT2D eigenvalue weighted by Gasteiger charge is -2.11. The molecule has 0 N–H and O–H groups in total. The van der Waals surface area contributed by atoms with Gasteiger partial charge in [-0.15, -0.1) is 0 Å². The van der Waals surface area contributed by atoms with Crippen LogP contribution in [0.1, 0.15) is 12.0 Å². The number of ether oxygens (including phenoxy) is 2. The fraction of sp³-hybridized carbons (Fsp3) is 0.190. The molecule has 0 aliphatic rings. The minimum atomic E-state index is 0.489. The smallest absolute Gasteiger partial charge is 0.221 e. The summed E-state index contributed by atoms with van der Waals surface area (Å²) in [7, 11) is 1.84. The van der Waals surface area contributed by atoms with Gasteiger partial charge in [0.25, 0.3) is 0 Å². The van der Waals surface area contributed by atoms with Gasteiger partial charge in [0.1, 0.15) is 16.8 Å². The van der Waals surface area contributed by atoms with Crippen molar-refractivity contribution in [1.29, 1.82) is 0 Å². The molecule has 0 fully saturated rings. The number of nitrogens with zero attached hydrogens (tertiary/aromatic N) is 5. The molecule has 0 spiro atoms. The van der Waals surface area contributed by atoms with Crippen LogP contribution in [0.25, 0.3) is 28.4 Å². The molecule has 1 aromatic carbocycles. The van der Waals surface area contributed by atoms with Gasteiger partial charge in [0, 0.05) is 19.0 Å². The lowest BCUT2D eigenvalue weighted by molar-refractivity contribution is 0.236. The largest absolute Gasteiger partial charge is 0.493 e. The molecule has 0 amide bonds. The van der Waals surface area contributed by atoms with Gasteiger partial charge in [-0.3, -0.25) is 0 Å². The molecule has 0 unspecified atom stereocenters. The zero-order valence-corrected chi connectivity index (χ0v) is 18.8. The summed E-state index contributed by atoms with van der Waals surface area (Å²) in [6.07, 6.45) is 4.26. The third-order valence-electron chi connectivity index (χ3n) is 4.55. The Morgan fingerprint density at radius 3 is 2.80 bits per heavy atom. The number of halogens is 1. The Morgan fingerprint density at radius 1 is 1.17 bits per heavy atom. The van der Waals surface area contributed by atoms with Crippen LogP contribution < -0.4 is 9.47 Å². The molecule has 3 heterocycles. The number of para-hydroxylation sites is 1. The van der Waals surface area contributed by atoms with Gasteiger partial charge in [-0.05, 0) is 46.9 Å². The Labute approximate surface area is 188 Å². The standard InChI is InChI=1S/C21H20BrN5O2S/c1-3-14-7-4-5-8-18(14)28-11-6-12-29-21-15(13-23-26(21)2)16-9-10-17-19(24-16)20(22)25-27(17)30/h3-5,7-10,13,30H,1,6,11-12H2,2H3. The Balaban J connectivity index is 1.43. The second kappa shape index (κ2) is 8.93. The van der Waals surface area contributed by atoms with Gasteiger partial charge < -0.3 is 9.47 Å². The monoisotopic (exact) mass is 485 g/mol. The van der Waals surface area contributed by atoms with Crippen LogP contribution in [0.3, 0.4) is 0 Å². The van der Waals surface area contributed by atoms with E-state index >= 15 is 0 Å². The first-order valence-corrected chi connectivity index (χ1v) is 10.5. The maximum absolute atomic E-state index is 6.02. The summed E-state index contributed by atoms with van der Waals surface area (Å²) in [5.74, 6) is 1.48. The highest BCUT2D eigenvalue weighted by Gasteiger charge is 2.16. The third kappa shape index (κ3) is 4.08. The van der Waals surface area contributed by atoms with E-state index in [9.17, 15) is 0 Å². The van der Waals surface area contributed by atoms with Crippen molar-refractivity contribution in [2.45, 2.75) is 6.42 Å². The predicted octanol–water partition coefficient (Wildman–Crippen LogP) is 4.78. The highest BCUT2D eigenvalue weighted by molar-refractivity contribution is 9.10. The van der Waals surface area contributed by atoms with Gasteiger partial charge in [0.05, 0.1) is 30.7 Å². The van der Waals surface area contributed by atoms with Crippen molar-refractivity contribution in [1.82, 2.24) is 24.0 Å². The van der Waals surface area contributed by atoms with Crippen molar-refractivity contribution in [2.75, 3.05) is 13.2 Å².